The van der Waals surface area contributed by atoms with Crippen LogP contribution in [0.15, 0.2) is 66.7 Å². The summed E-state index contributed by atoms with van der Waals surface area (Å²) in [6.45, 7) is 4.42. The van der Waals surface area contributed by atoms with Crippen LogP contribution in [0.1, 0.15) is 31.4 Å². The number of likely N-dealkylation sites (tertiary alicyclic amines) is 1. The number of hydroxylamine groups is 1. The highest BCUT2D eigenvalue weighted by Crippen LogP contribution is 2.37. The molecule has 6 heteroatoms. The van der Waals surface area contributed by atoms with Crippen molar-refractivity contribution < 1.29 is 19.5 Å². The number of benzene rings is 3. The van der Waals surface area contributed by atoms with Gasteiger partial charge in [0, 0.05) is 6.54 Å². The number of amides is 2. The van der Waals surface area contributed by atoms with E-state index in [1.807, 2.05) is 49.4 Å². The Kier molecular flexibility index (Phi) is 5.65. The second kappa shape index (κ2) is 8.40. The van der Waals surface area contributed by atoms with E-state index in [0.717, 1.165) is 16.9 Å². The minimum atomic E-state index is -0.720. The van der Waals surface area contributed by atoms with Crippen molar-refractivity contribution in [2.45, 2.75) is 38.3 Å². The van der Waals surface area contributed by atoms with Crippen molar-refractivity contribution in [1.82, 2.24) is 10.4 Å². The van der Waals surface area contributed by atoms with Crippen molar-refractivity contribution in [1.29, 1.82) is 0 Å². The molecule has 0 radical (unpaired) electrons. The van der Waals surface area contributed by atoms with Crippen LogP contribution in [0.3, 0.4) is 0 Å². The fraction of sp³-hybridized carbons (Fsp3) is 0.280. The summed E-state index contributed by atoms with van der Waals surface area (Å²) in [7, 11) is 0. The number of ether oxygens (including phenoxy) is 1. The van der Waals surface area contributed by atoms with Gasteiger partial charge in [-0.3, -0.25) is 14.8 Å². The third kappa shape index (κ3) is 3.86. The molecule has 3 aromatic rings. The number of hydrogen-bond acceptors (Lipinski definition) is 4. The van der Waals surface area contributed by atoms with Crippen LogP contribution in [-0.2, 0) is 21.6 Å². The summed E-state index contributed by atoms with van der Waals surface area (Å²) in [5.74, 6) is 0.0263. The van der Waals surface area contributed by atoms with Crippen LogP contribution < -0.4 is 10.2 Å². The predicted octanol–water partition coefficient (Wildman–Crippen LogP) is 3.80. The topological polar surface area (TPSA) is 78.9 Å². The second-order valence-electron chi connectivity index (χ2n) is 8.18. The third-order valence-electron chi connectivity index (χ3n) is 6.31. The van der Waals surface area contributed by atoms with Crippen molar-refractivity contribution in [2.24, 2.45) is 0 Å². The van der Waals surface area contributed by atoms with Crippen LogP contribution in [0.5, 0.6) is 5.75 Å². The molecule has 2 amide bonds. The molecule has 1 aliphatic rings. The SMILES string of the molecule is CC(C(=O)NO)N1CCC(C)(c2ccc(OCc3cccc4ccccc34)cc2)C1=O. The molecule has 1 saturated heterocycles. The zero-order chi connectivity index (χ0) is 22.0. The lowest BCUT2D eigenvalue weighted by molar-refractivity contribution is -0.143. The molecule has 0 saturated carbocycles. The van der Waals surface area contributed by atoms with Crippen LogP contribution in [-0.4, -0.2) is 34.5 Å². The van der Waals surface area contributed by atoms with Crippen molar-refractivity contribution in [3.8, 4) is 5.75 Å². The van der Waals surface area contributed by atoms with E-state index in [0.29, 0.717) is 19.6 Å². The number of fused-ring (bicyclic) bond motifs is 1. The Morgan fingerprint density at radius 2 is 1.84 bits per heavy atom. The van der Waals surface area contributed by atoms with Gasteiger partial charge in [0.05, 0.1) is 5.41 Å². The predicted molar refractivity (Wildman–Crippen MR) is 118 cm³/mol. The van der Waals surface area contributed by atoms with Crippen molar-refractivity contribution in [3.63, 3.8) is 0 Å². The quantitative estimate of drug-likeness (QED) is 0.471. The van der Waals surface area contributed by atoms with Gasteiger partial charge in [0.15, 0.2) is 0 Å². The van der Waals surface area contributed by atoms with E-state index in [-0.39, 0.29) is 5.91 Å². The first kappa shape index (κ1) is 20.9. The Labute approximate surface area is 181 Å². The third-order valence-corrected chi connectivity index (χ3v) is 6.31. The molecule has 2 unspecified atom stereocenters. The molecular formula is C25H26N2O4. The number of hydrogen-bond donors (Lipinski definition) is 2. The summed E-state index contributed by atoms with van der Waals surface area (Å²) >= 11 is 0. The molecule has 2 N–H and O–H groups in total. The Morgan fingerprint density at radius 3 is 2.58 bits per heavy atom. The average molecular weight is 418 g/mol. The minimum Gasteiger partial charge on any atom is -0.489 e. The number of nitrogens with zero attached hydrogens (tertiary/aromatic N) is 1. The van der Waals surface area contributed by atoms with Gasteiger partial charge in [-0.1, -0.05) is 54.6 Å². The Balaban J connectivity index is 1.47. The Morgan fingerprint density at radius 1 is 1.13 bits per heavy atom. The molecule has 0 spiro atoms. The summed E-state index contributed by atoms with van der Waals surface area (Å²) in [6, 6.07) is 21.3. The van der Waals surface area contributed by atoms with Gasteiger partial charge in [0.2, 0.25) is 5.91 Å². The van der Waals surface area contributed by atoms with E-state index >= 15 is 0 Å². The lowest BCUT2D eigenvalue weighted by Crippen LogP contribution is -2.47. The van der Waals surface area contributed by atoms with Crippen molar-refractivity contribution >= 4 is 22.6 Å². The monoisotopic (exact) mass is 418 g/mol. The summed E-state index contributed by atoms with van der Waals surface area (Å²) in [5, 5.41) is 11.2. The molecule has 160 valence electrons. The van der Waals surface area contributed by atoms with Gasteiger partial charge in [-0.2, -0.15) is 0 Å². The van der Waals surface area contributed by atoms with Gasteiger partial charge >= 0.3 is 0 Å². The molecule has 0 aliphatic carbocycles. The lowest BCUT2D eigenvalue weighted by Gasteiger charge is -2.27. The van der Waals surface area contributed by atoms with Gasteiger partial charge in [-0.25, -0.2) is 5.48 Å². The maximum absolute atomic E-state index is 13.0. The van der Waals surface area contributed by atoms with Gasteiger partial charge in [-0.05, 0) is 54.3 Å². The number of carbonyl (C=O) groups excluding carboxylic acids is 2. The number of carbonyl (C=O) groups is 2. The zero-order valence-electron chi connectivity index (χ0n) is 17.7. The van der Waals surface area contributed by atoms with Crippen LogP contribution in [0.25, 0.3) is 10.8 Å². The first-order valence-corrected chi connectivity index (χ1v) is 10.4. The highest BCUT2D eigenvalue weighted by atomic mass is 16.5. The number of nitrogens with one attached hydrogen (secondary N) is 1. The molecule has 4 rings (SSSR count). The molecule has 3 aromatic carbocycles. The molecule has 1 aliphatic heterocycles. The highest BCUT2D eigenvalue weighted by Gasteiger charge is 2.46. The van der Waals surface area contributed by atoms with Crippen LogP contribution in [0.4, 0.5) is 0 Å². The van der Waals surface area contributed by atoms with E-state index in [4.69, 9.17) is 9.94 Å². The van der Waals surface area contributed by atoms with E-state index in [1.165, 1.54) is 15.7 Å². The Hall–Kier alpha value is -3.38. The number of rotatable bonds is 6. The van der Waals surface area contributed by atoms with Crippen molar-refractivity contribution in [2.75, 3.05) is 6.54 Å². The smallest absolute Gasteiger partial charge is 0.265 e. The first-order valence-electron chi connectivity index (χ1n) is 10.4. The first-order chi connectivity index (χ1) is 14.9. The Bertz CT molecular complexity index is 1110. The fourth-order valence-corrected chi connectivity index (χ4v) is 4.24. The van der Waals surface area contributed by atoms with E-state index in [1.54, 1.807) is 12.4 Å². The second-order valence-corrected chi connectivity index (χ2v) is 8.18. The molecule has 0 bridgehead atoms. The highest BCUT2D eigenvalue weighted by molar-refractivity contribution is 5.94. The molecule has 1 heterocycles. The molecule has 31 heavy (non-hydrogen) atoms. The van der Waals surface area contributed by atoms with E-state index in [2.05, 4.69) is 24.3 Å². The molecular weight excluding hydrogens is 392 g/mol. The van der Waals surface area contributed by atoms with E-state index < -0.39 is 17.4 Å². The lowest BCUT2D eigenvalue weighted by atomic mass is 9.81. The normalized spacial score (nSPS) is 19.5. The summed E-state index contributed by atoms with van der Waals surface area (Å²) in [4.78, 5) is 26.3. The van der Waals surface area contributed by atoms with E-state index in [9.17, 15) is 9.59 Å². The maximum atomic E-state index is 13.0. The largest absolute Gasteiger partial charge is 0.489 e. The van der Waals surface area contributed by atoms with Crippen molar-refractivity contribution in [3.05, 3.63) is 77.9 Å². The fourth-order valence-electron chi connectivity index (χ4n) is 4.24. The molecule has 0 aromatic heterocycles. The average Bonchev–Trinajstić information content (AvgIpc) is 3.12. The van der Waals surface area contributed by atoms with Crippen LogP contribution >= 0.6 is 0 Å². The minimum absolute atomic E-state index is 0.118. The zero-order valence-corrected chi connectivity index (χ0v) is 17.7. The van der Waals surface area contributed by atoms with Crippen LogP contribution in [0.2, 0.25) is 0 Å². The van der Waals surface area contributed by atoms with Gasteiger partial charge in [0.1, 0.15) is 18.4 Å². The van der Waals surface area contributed by atoms with Gasteiger partial charge in [0.25, 0.3) is 5.91 Å². The van der Waals surface area contributed by atoms with Gasteiger partial charge in [-0.15, -0.1) is 0 Å². The summed E-state index contributed by atoms with van der Waals surface area (Å²) < 4.78 is 6.01. The summed E-state index contributed by atoms with van der Waals surface area (Å²) in [6.07, 6.45) is 0.602. The molecule has 2 atom stereocenters. The standard InChI is InChI=1S/C25H26N2O4/c1-17(23(28)26-30)27-15-14-25(2,24(27)29)20-10-12-21(13-11-20)31-16-19-8-5-7-18-6-3-4-9-22(18)19/h3-13,17,30H,14-16H2,1-2H3,(H,26,28). The van der Waals surface area contributed by atoms with Gasteiger partial charge < -0.3 is 9.64 Å². The molecule has 1 fully saturated rings. The molecule has 6 nitrogen and oxygen atoms in total. The van der Waals surface area contributed by atoms with Crippen LogP contribution in [0, 0.1) is 0 Å². The maximum Gasteiger partial charge on any atom is 0.265 e. The summed E-state index contributed by atoms with van der Waals surface area (Å²) in [5.41, 5.74) is 2.92.